The Morgan fingerprint density at radius 2 is 1.81 bits per heavy atom. The number of nitrogens with one attached hydrogen (secondary N) is 3. The van der Waals surface area contributed by atoms with E-state index >= 15 is 0 Å². The van der Waals surface area contributed by atoms with Crippen molar-refractivity contribution in [2.45, 2.75) is 53.0 Å². The van der Waals surface area contributed by atoms with Gasteiger partial charge in [-0.25, -0.2) is 4.99 Å². The van der Waals surface area contributed by atoms with Gasteiger partial charge in [-0.3, -0.25) is 9.69 Å². The van der Waals surface area contributed by atoms with Gasteiger partial charge < -0.3 is 20.9 Å². The fraction of sp³-hybridized carbons (Fsp3) is 0.667. The molecule has 1 aromatic carbocycles. The number of halogens is 1. The van der Waals surface area contributed by atoms with Crippen molar-refractivity contribution in [1.29, 1.82) is 0 Å². The Hall–Kier alpha value is -1.55. The Kier molecular flexibility index (Phi) is 13.0. The average Bonchev–Trinajstić information content (AvgIpc) is 2.71. The Labute approximate surface area is 211 Å². The highest BCUT2D eigenvalue weighted by atomic mass is 127. The second kappa shape index (κ2) is 14.6. The number of benzene rings is 1. The van der Waals surface area contributed by atoms with Gasteiger partial charge in [-0.15, -0.1) is 24.0 Å². The zero-order valence-corrected chi connectivity index (χ0v) is 22.9. The minimum Gasteiger partial charge on any atom is -0.369 e. The topological polar surface area (TPSA) is 72.0 Å². The third-order valence-electron chi connectivity index (χ3n) is 5.17. The number of aryl methyl sites for hydroxylation is 1. The van der Waals surface area contributed by atoms with Gasteiger partial charge in [-0.1, -0.05) is 12.1 Å². The van der Waals surface area contributed by atoms with Crippen molar-refractivity contribution in [2.75, 3.05) is 57.3 Å². The molecule has 0 unspecified atom stereocenters. The summed E-state index contributed by atoms with van der Waals surface area (Å²) in [6, 6.07) is 8.79. The lowest BCUT2D eigenvalue weighted by Gasteiger charge is -2.36. The van der Waals surface area contributed by atoms with Crippen LogP contribution in [0.1, 0.15) is 46.1 Å². The van der Waals surface area contributed by atoms with E-state index in [1.54, 1.807) is 0 Å². The van der Waals surface area contributed by atoms with Crippen molar-refractivity contribution < 1.29 is 4.79 Å². The number of nitrogens with zero attached hydrogens (tertiary/aromatic N) is 3. The van der Waals surface area contributed by atoms with Crippen LogP contribution >= 0.6 is 24.0 Å². The van der Waals surface area contributed by atoms with Crippen LogP contribution in [0.25, 0.3) is 0 Å². The van der Waals surface area contributed by atoms with Crippen LogP contribution in [-0.2, 0) is 4.79 Å². The number of unbranched alkanes of at least 4 members (excludes halogenated alkanes) is 1. The predicted octanol–water partition coefficient (Wildman–Crippen LogP) is 2.99. The monoisotopic (exact) mass is 558 g/mol. The summed E-state index contributed by atoms with van der Waals surface area (Å²) < 4.78 is 0. The van der Waals surface area contributed by atoms with Crippen LogP contribution < -0.4 is 20.9 Å². The molecule has 0 bridgehead atoms. The molecule has 1 aliphatic heterocycles. The van der Waals surface area contributed by atoms with Gasteiger partial charge in [0.05, 0.1) is 0 Å². The largest absolute Gasteiger partial charge is 0.369 e. The number of guanidine groups is 1. The smallest absolute Gasteiger partial charge is 0.242 e. The zero-order chi connectivity index (χ0) is 22.7. The van der Waals surface area contributed by atoms with E-state index in [9.17, 15) is 4.79 Å². The molecule has 32 heavy (non-hydrogen) atoms. The molecule has 8 heteroatoms. The molecule has 3 N–H and O–H groups in total. The fourth-order valence-electron chi connectivity index (χ4n) is 3.67. The summed E-state index contributed by atoms with van der Waals surface area (Å²) in [7, 11) is 0. The highest BCUT2D eigenvalue weighted by molar-refractivity contribution is 14.0. The summed E-state index contributed by atoms with van der Waals surface area (Å²) in [6.07, 6.45) is 2.23. The number of anilines is 1. The molecule has 0 saturated carbocycles. The van der Waals surface area contributed by atoms with E-state index in [0.717, 1.165) is 58.7 Å². The van der Waals surface area contributed by atoms with Crippen LogP contribution in [-0.4, -0.2) is 74.7 Å². The summed E-state index contributed by atoms with van der Waals surface area (Å²) in [5, 5.41) is 9.49. The van der Waals surface area contributed by atoms with E-state index in [2.05, 4.69) is 61.9 Å². The van der Waals surface area contributed by atoms with Crippen LogP contribution in [0.2, 0.25) is 0 Å². The molecule has 1 aromatic rings. The third kappa shape index (κ3) is 11.4. The molecule has 7 nitrogen and oxygen atoms in total. The molecular weight excluding hydrogens is 515 g/mol. The number of rotatable bonds is 9. The van der Waals surface area contributed by atoms with Crippen LogP contribution in [0, 0.1) is 6.92 Å². The Morgan fingerprint density at radius 1 is 1.09 bits per heavy atom. The molecular formula is C24H43IN6O. The Bertz CT molecular complexity index is 711. The van der Waals surface area contributed by atoms with Crippen LogP contribution in [0.15, 0.2) is 29.3 Å². The first kappa shape index (κ1) is 28.5. The molecule has 0 spiro atoms. The Morgan fingerprint density at radius 3 is 2.44 bits per heavy atom. The fourth-order valence-corrected chi connectivity index (χ4v) is 3.67. The molecule has 1 amide bonds. The highest BCUT2D eigenvalue weighted by Gasteiger charge is 2.17. The van der Waals surface area contributed by atoms with E-state index in [4.69, 9.17) is 0 Å². The number of piperazine rings is 1. The number of hydrogen-bond donors (Lipinski definition) is 3. The summed E-state index contributed by atoms with van der Waals surface area (Å²) in [6.45, 7) is 17.4. The molecule has 2 rings (SSSR count). The molecule has 0 atom stereocenters. The first-order valence-electron chi connectivity index (χ1n) is 11.6. The lowest BCUT2D eigenvalue weighted by Crippen LogP contribution is -2.46. The van der Waals surface area contributed by atoms with Gasteiger partial charge in [-0.05, 0) is 71.7 Å². The van der Waals surface area contributed by atoms with Gasteiger partial charge in [0, 0.05) is 50.5 Å². The third-order valence-corrected chi connectivity index (χ3v) is 5.17. The number of aliphatic imine (C=N–C) groups is 1. The summed E-state index contributed by atoms with van der Waals surface area (Å²) in [5.74, 6) is 0.646. The number of carbonyl (C=O) groups excluding carboxylic acids is 1. The highest BCUT2D eigenvalue weighted by Crippen LogP contribution is 2.17. The zero-order valence-electron chi connectivity index (χ0n) is 20.5. The molecule has 0 aromatic heterocycles. The minimum absolute atomic E-state index is 0. The quantitative estimate of drug-likeness (QED) is 0.188. The van der Waals surface area contributed by atoms with Crippen molar-refractivity contribution >= 4 is 41.5 Å². The minimum atomic E-state index is -0.232. The van der Waals surface area contributed by atoms with Crippen LogP contribution in [0.5, 0.6) is 0 Å². The molecule has 1 fully saturated rings. The van der Waals surface area contributed by atoms with E-state index in [1.807, 2.05) is 27.7 Å². The standard InChI is InChI=1S/C24H42N6O.HI/c1-6-25-23(27-19-22(31)28-24(3,4)5)26-12-7-8-13-29-14-16-30(17-15-29)21-11-9-10-20(2)18-21;/h9-11,18H,6-8,12-17,19H2,1-5H3,(H,28,31)(H2,25,26,27);1H. The van der Waals surface area contributed by atoms with Crippen molar-refractivity contribution in [3.05, 3.63) is 29.8 Å². The number of hydrogen-bond acceptors (Lipinski definition) is 4. The summed E-state index contributed by atoms with van der Waals surface area (Å²) in [4.78, 5) is 21.4. The normalized spacial score (nSPS) is 15.2. The van der Waals surface area contributed by atoms with Crippen molar-refractivity contribution in [3.63, 3.8) is 0 Å². The van der Waals surface area contributed by atoms with E-state index in [1.165, 1.54) is 11.3 Å². The summed E-state index contributed by atoms with van der Waals surface area (Å²) in [5.41, 5.74) is 2.43. The number of amides is 1. The van der Waals surface area contributed by atoms with Gasteiger partial charge >= 0.3 is 0 Å². The SMILES string of the molecule is CCNC(=NCC(=O)NC(C)(C)C)NCCCCN1CCN(c2cccc(C)c2)CC1.I. The second-order valence-corrected chi connectivity index (χ2v) is 9.29. The molecule has 0 radical (unpaired) electrons. The first-order chi connectivity index (χ1) is 14.8. The molecule has 0 aliphatic carbocycles. The maximum atomic E-state index is 12.0. The van der Waals surface area contributed by atoms with E-state index < -0.39 is 0 Å². The van der Waals surface area contributed by atoms with E-state index in [0.29, 0.717) is 5.96 Å². The maximum absolute atomic E-state index is 12.0. The lowest BCUT2D eigenvalue weighted by molar-refractivity contribution is -0.121. The van der Waals surface area contributed by atoms with Crippen molar-refractivity contribution in [3.8, 4) is 0 Å². The molecule has 1 saturated heterocycles. The van der Waals surface area contributed by atoms with Gasteiger partial charge in [0.25, 0.3) is 0 Å². The van der Waals surface area contributed by atoms with Gasteiger partial charge in [0.15, 0.2) is 5.96 Å². The summed E-state index contributed by atoms with van der Waals surface area (Å²) >= 11 is 0. The van der Waals surface area contributed by atoms with Gasteiger partial charge in [-0.2, -0.15) is 0 Å². The van der Waals surface area contributed by atoms with Crippen LogP contribution in [0.4, 0.5) is 5.69 Å². The maximum Gasteiger partial charge on any atom is 0.242 e. The van der Waals surface area contributed by atoms with Gasteiger partial charge in [0.1, 0.15) is 6.54 Å². The first-order valence-corrected chi connectivity index (χ1v) is 11.6. The lowest BCUT2D eigenvalue weighted by atomic mass is 10.1. The van der Waals surface area contributed by atoms with E-state index in [-0.39, 0.29) is 42.0 Å². The van der Waals surface area contributed by atoms with Gasteiger partial charge in [0.2, 0.25) is 5.91 Å². The second-order valence-electron chi connectivity index (χ2n) is 9.29. The molecule has 1 heterocycles. The average molecular weight is 559 g/mol. The molecule has 182 valence electrons. The predicted molar refractivity (Wildman–Crippen MR) is 146 cm³/mol. The number of carbonyl (C=O) groups is 1. The van der Waals surface area contributed by atoms with Crippen LogP contribution in [0.3, 0.4) is 0 Å². The Balaban J connectivity index is 0.00000512. The molecule has 1 aliphatic rings. The van der Waals surface area contributed by atoms with Crippen molar-refractivity contribution in [2.24, 2.45) is 4.99 Å². The van der Waals surface area contributed by atoms with Crippen molar-refractivity contribution in [1.82, 2.24) is 20.9 Å².